The molecule has 2 aromatic carbocycles. The third kappa shape index (κ3) is 5.04. The molecule has 5 nitrogen and oxygen atoms in total. The molecule has 28 heavy (non-hydrogen) atoms. The van der Waals surface area contributed by atoms with Gasteiger partial charge in [-0.05, 0) is 53.6 Å². The van der Waals surface area contributed by atoms with Gasteiger partial charge in [0, 0.05) is 6.61 Å². The summed E-state index contributed by atoms with van der Waals surface area (Å²) in [5.74, 6) is 1.30. The van der Waals surface area contributed by atoms with Crippen LogP contribution in [0.1, 0.15) is 38.3 Å². The van der Waals surface area contributed by atoms with E-state index < -0.39 is 6.10 Å². The first kappa shape index (κ1) is 20.2. The van der Waals surface area contributed by atoms with Gasteiger partial charge in [0.05, 0.1) is 12.8 Å². The third-order valence-electron chi connectivity index (χ3n) is 4.72. The molecule has 2 bridgehead atoms. The number of methoxy groups -OCH3 is 1. The molecule has 150 valence electrons. The van der Waals surface area contributed by atoms with Crippen LogP contribution in [0.15, 0.2) is 42.5 Å². The average molecular weight is 383 g/mol. The predicted octanol–water partition coefficient (Wildman–Crippen LogP) is 4.59. The van der Waals surface area contributed by atoms with Crippen molar-refractivity contribution >= 4 is 11.6 Å². The predicted molar refractivity (Wildman–Crippen MR) is 110 cm³/mol. The van der Waals surface area contributed by atoms with E-state index in [0.717, 1.165) is 24.2 Å². The Morgan fingerprint density at radius 2 is 1.86 bits per heavy atom. The molecule has 0 saturated heterocycles. The highest BCUT2D eigenvalue weighted by atomic mass is 16.5. The molecule has 0 aliphatic carbocycles. The van der Waals surface area contributed by atoms with Gasteiger partial charge in [-0.1, -0.05) is 39.0 Å². The van der Waals surface area contributed by atoms with Gasteiger partial charge in [-0.3, -0.25) is 4.79 Å². The maximum absolute atomic E-state index is 12.9. The number of carbonyl (C=O) groups excluding carboxylic acids is 1. The third-order valence-corrected chi connectivity index (χ3v) is 4.72. The van der Waals surface area contributed by atoms with Gasteiger partial charge in [-0.15, -0.1) is 0 Å². The second-order valence-electron chi connectivity index (χ2n) is 8.18. The Balaban J connectivity index is 1.94. The lowest BCUT2D eigenvalue weighted by molar-refractivity contribution is -0.134. The maximum atomic E-state index is 12.9. The molecule has 0 spiro atoms. The van der Waals surface area contributed by atoms with Crippen molar-refractivity contribution in [1.82, 2.24) is 0 Å². The minimum Gasteiger partial charge on any atom is -0.497 e. The fourth-order valence-corrected chi connectivity index (χ4v) is 3.33. The number of benzene rings is 2. The first-order valence-electron chi connectivity index (χ1n) is 9.68. The maximum Gasteiger partial charge on any atom is 0.254 e. The summed E-state index contributed by atoms with van der Waals surface area (Å²) < 4.78 is 17.5. The van der Waals surface area contributed by atoms with E-state index in [2.05, 4.69) is 11.4 Å². The molecule has 1 amide bonds. The van der Waals surface area contributed by atoms with Gasteiger partial charge in [0.15, 0.2) is 0 Å². The first-order valence-corrected chi connectivity index (χ1v) is 9.68. The molecule has 2 aromatic rings. The van der Waals surface area contributed by atoms with Crippen molar-refractivity contribution < 1.29 is 19.0 Å². The van der Waals surface area contributed by atoms with Crippen LogP contribution in [0.25, 0.3) is 0 Å². The molecule has 0 radical (unpaired) electrons. The quantitative estimate of drug-likeness (QED) is 0.782. The number of aryl methyl sites for hydroxylation is 1. The molecule has 1 aliphatic heterocycles. The average Bonchev–Trinajstić information content (AvgIpc) is 2.65. The van der Waals surface area contributed by atoms with Crippen LogP contribution < -0.4 is 14.8 Å². The summed E-state index contributed by atoms with van der Waals surface area (Å²) in [6.07, 6.45) is 1.12. The van der Waals surface area contributed by atoms with Crippen molar-refractivity contribution in [2.24, 2.45) is 5.41 Å². The van der Waals surface area contributed by atoms with Crippen LogP contribution in [0.3, 0.4) is 0 Å². The molecule has 1 unspecified atom stereocenters. The van der Waals surface area contributed by atoms with Crippen LogP contribution in [0.2, 0.25) is 0 Å². The minimum absolute atomic E-state index is 0.152. The standard InChI is InChI=1S/C23H29NO4/c1-23(2,3)21-22(25)24-19-9-5-6-10-20(19)28-15-17-12-16(8-7-11-27-21)13-18(14-17)26-4/h5-6,9-10,12-14,21H,7-8,11,15H2,1-4H3,(H,24,25). The molecule has 1 atom stereocenters. The van der Waals surface area contributed by atoms with Gasteiger partial charge in [0.1, 0.15) is 24.2 Å². The normalized spacial score (nSPS) is 18.3. The number of carbonyl (C=O) groups is 1. The van der Waals surface area contributed by atoms with E-state index in [9.17, 15) is 4.79 Å². The number of hydrogen-bond acceptors (Lipinski definition) is 4. The van der Waals surface area contributed by atoms with Crippen molar-refractivity contribution in [3.8, 4) is 11.5 Å². The van der Waals surface area contributed by atoms with Gasteiger partial charge < -0.3 is 19.5 Å². The zero-order valence-corrected chi connectivity index (χ0v) is 17.1. The summed E-state index contributed by atoms with van der Waals surface area (Å²) >= 11 is 0. The first-order chi connectivity index (χ1) is 13.4. The van der Waals surface area contributed by atoms with Gasteiger partial charge in [0.2, 0.25) is 0 Å². The van der Waals surface area contributed by atoms with E-state index in [1.54, 1.807) is 7.11 Å². The second kappa shape index (κ2) is 8.65. The Morgan fingerprint density at radius 3 is 2.61 bits per heavy atom. The van der Waals surface area contributed by atoms with Crippen LogP contribution in [0.4, 0.5) is 5.69 Å². The van der Waals surface area contributed by atoms with Crippen LogP contribution >= 0.6 is 0 Å². The van der Waals surface area contributed by atoms with Gasteiger partial charge in [-0.2, -0.15) is 0 Å². The summed E-state index contributed by atoms with van der Waals surface area (Å²) in [6.45, 7) is 6.95. The number of amides is 1. The lowest BCUT2D eigenvalue weighted by Crippen LogP contribution is -2.41. The summed E-state index contributed by atoms with van der Waals surface area (Å²) in [6, 6.07) is 13.6. The Kier molecular flexibility index (Phi) is 6.25. The zero-order chi connectivity index (χ0) is 20.1. The van der Waals surface area contributed by atoms with E-state index >= 15 is 0 Å². The summed E-state index contributed by atoms with van der Waals surface area (Å²) in [4.78, 5) is 12.9. The van der Waals surface area contributed by atoms with Gasteiger partial charge >= 0.3 is 0 Å². The number of ether oxygens (including phenoxy) is 3. The molecule has 1 heterocycles. The molecular weight excluding hydrogens is 354 g/mol. The van der Waals surface area contributed by atoms with Gasteiger partial charge in [0.25, 0.3) is 5.91 Å². The Bertz CT molecular complexity index is 826. The highest BCUT2D eigenvalue weighted by Crippen LogP contribution is 2.29. The summed E-state index contributed by atoms with van der Waals surface area (Å²) in [7, 11) is 1.67. The fraction of sp³-hybridized carbons (Fsp3) is 0.435. The largest absolute Gasteiger partial charge is 0.497 e. The monoisotopic (exact) mass is 383 g/mol. The van der Waals surface area contributed by atoms with Crippen LogP contribution in [0, 0.1) is 5.41 Å². The van der Waals surface area contributed by atoms with E-state index in [1.807, 2.05) is 57.2 Å². The van der Waals surface area contributed by atoms with Gasteiger partial charge in [-0.25, -0.2) is 0 Å². The van der Waals surface area contributed by atoms with E-state index in [4.69, 9.17) is 14.2 Å². The van der Waals surface area contributed by atoms with Crippen LogP contribution in [0.5, 0.6) is 11.5 Å². The molecule has 5 heteroatoms. The van der Waals surface area contributed by atoms with Crippen molar-refractivity contribution in [2.45, 2.75) is 46.3 Å². The number of nitrogens with one attached hydrogen (secondary N) is 1. The number of para-hydroxylation sites is 2. The number of fused-ring (bicyclic) bond motifs is 3. The molecule has 1 N–H and O–H groups in total. The summed E-state index contributed by atoms with van der Waals surface area (Å²) in [5.41, 5.74) is 2.52. The number of rotatable bonds is 1. The van der Waals surface area contributed by atoms with E-state index in [0.29, 0.717) is 24.7 Å². The Morgan fingerprint density at radius 1 is 1.11 bits per heavy atom. The summed E-state index contributed by atoms with van der Waals surface area (Å²) in [5, 5.41) is 2.99. The van der Waals surface area contributed by atoms with Crippen LogP contribution in [-0.2, 0) is 22.6 Å². The highest BCUT2D eigenvalue weighted by molar-refractivity contribution is 5.96. The Hall–Kier alpha value is -2.53. The molecule has 0 saturated carbocycles. The van der Waals surface area contributed by atoms with E-state index in [1.165, 1.54) is 5.56 Å². The zero-order valence-electron chi connectivity index (χ0n) is 17.1. The second-order valence-corrected chi connectivity index (χ2v) is 8.18. The lowest BCUT2D eigenvalue weighted by Gasteiger charge is -2.30. The van der Waals surface area contributed by atoms with Crippen molar-refractivity contribution in [1.29, 1.82) is 0 Å². The minimum atomic E-state index is -0.552. The highest BCUT2D eigenvalue weighted by Gasteiger charge is 2.32. The fourth-order valence-electron chi connectivity index (χ4n) is 3.33. The molecular formula is C23H29NO4. The topological polar surface area (TPSA) is 56.8 Å². The Labute approximate surface area is 167 Å². The van der Waals surface area contributed by atoms with Crippen LogP contribution in [-0.4, -0.2) is 25.7 Å². The van der Waals surface area contributed by atoms with E-state index in [-0.39, 0.29) is 11.3 Å². The van der Waals surface area contributed by atoms with Crippen molar-refractivity contribution in [3.63, 3.8) is 0 Å². The number of anilines is 1. The molecule has 0 aromatic heterocycles. The lowest BCUT2D eigenvalue weighted by atomic mass is 9.88. The number of hydrogen-bond donors (Lipinski definition) is 1. The smallest absolute Gasteiger partial charge is 0.254 e. The molecule has 1 aliphatic rings. The SMILES string of the molecule is COc1cc2cc(c1)COc1ccccc1NC(=O)C(C(C)(C)C)OCCC2. The molecule has 0 fully saturated rings. The van der Waals surface area contributed by atoms with Crippen molar-refractivity contribution in [3.05, 3.63) is 53.6 Å². The molecule has 3 rings (SSSR count). The van der Waals surface area contributed by atoms with Crippen molar-refractivity contribution in [2.75, 3.05) is 19.0 Å².